The first-order valence-corrected chi connectivity index (χ1v) is 10.9. The minimum Gasteiger partial charge on any atom is -0.481 e. The summed E-state index contributed by atoms with van der Waals surface area (Å²) in [7, 11) is 0. The molecule has 0 radical (unpaired) electrons. The van der Waals surface area contributed by atoms with Crippen LogP contribution in [-0.2, 0) is 33.6 Å². The van der Waals surface area contributed by atoms with Crippen LogP contribution in [0.25, 0.3) is 0 Å². The van der Waals surface area contributed by atoms with E-state index in [1.165, 1.54) is 6.92 Å². The molecule has 14 heteroatoms. The smallest absolute Gasteiger partial charge is 0.326 e. The number of amides is 4. The van der Waals surface area contributed by atoms with Gasteiger partial charge >= 0.3 is 17.9 Å². The molecule has 0 rings (SSSR count). The minimum absolute atomic E-state index is 0.336. The van der Waals surface area contributed by atoms with Gasteiger partial charge in [-0.2, -0.15) is 0 Å². The number of hydrogen-bond donors (Lipinski definition) is 7. The maximum Gasteiger partial charge on any atom is 0.326 e. The van der Waals surface area contributed by atoms with E-state index in [4.69, 9.17) is 10.2 Å². The summed E-state index contributed by atoms with van der Waals surface area (Å²) in [4.78, 5) is 83.2. The van der Waals surface area contributed by atoms with Gasteiger partial charge in [0, 0.05) is 6.92 Å². The molecule has 0 unspecified atom stereocenters. The molecule has 4 amide bonds. The number of carbonyl (C=O) groups is 7. The Kier molecular flexibility index (Phi) is 13.0. The van der Waals surface area contributed by atoms with Crippen LogP contribution in [0.1, 0.15) is 53.9 Å². The summed E-state index contributed by atoms with van der Waals surface area (Å²) in [6, 6.07) is -5.80. The number of aliphatic carboxylic acids is 3. The molecule has 5 atom stereocenters. The van der Waals surface area contributed by atoms with Crippen molar-refractivity contribution in [1.29, 1.82) is 0 Å². The van der Waals surface area contributed by atoms with Crippen molar-refractivity contribution in [3.8, 4) is 0 Å². The van der Waals surface area contributed by atoms with Gasteiger partial charge < -0.3 is 36.6 Å². The zero-order chi connectivity index (χ0) is 27.5. The molecule has 14 nitrogen and oxygen atoms in total. The molecule has 0 saturated carbocycles. The van der Waals surface area contributed by atoms with E-state index < -0.39 is 90.4 Å². The second kappa shape index (κ2) is 14.5. The van der Waals surface area contributed by atoms with E-state index in [-0.39, 0.29) is 0 Å². The van der Waals surface area contributed by atoms with Crippen LogP contribution in [-0.4, -0.2) is 81.0 Å². The zero-order valence-corrected chi connectivity index (χ0v) is 20.3. The number of nitrogens with one attached hydrogen (secondary N) is 4. The summed E-state index contributed by atoms with van der Waals surface area (Å²) < 4.78 is 0. The summed E-state index contributed by atoms with van der Waals surface area (Å²) in [6.45, 7) is 7.69. The summed E-state index contributed by atoms with van der Waals surface area (Å²) in [6.07, 6.45) is -1.41. The zero-order valence-electron chi connectivity index (χ0n) is 20.3. The van der Waals surface area contributed by atoms with Gasteiger partial charge in [-0.25, -0.2) is 4.79 Å². The van der Waals surface area contributed by atoms with E-state index in [0.717, 1.165) is 0 Å². The van der Waals surface area contributed by atoms with Gasteiger partial charge in [-0.3, -0.25) is 28.8 Å². The number of carboxylic acid groups (broad SMARTS) is 3. The molecule has 0 fully saturated rings. The Hall–Kier alpha value is -3.71. The van der Waals surface area contributed by atoms with Crippen LogP contribution in [0.5, 0.6) is 0 Å². The third-order valence-corrected chi connectivity index (χ3v) is 5.11. The topological polar surface area (TPSA) is 228 Å². The van der Waals surface area contributed by atoms with Crippen molar-refractivity contribution in [1.82, 2.24) is 21.3 Å². The Labute approximate surface area is 202 Å². The molecule has 35 heavy (non-hydrogen) atoms. The van der Waals surface area contributed by atoms with Crippen LogP contribution in [0, 0.1) is 11.8 Å². The second-order valence-electron chi connectivity index (χ2n) is 8.45. The first kappa shape index (κ1) is 31.3. The molecule has 7 N–H and O–H groups in total. The lowest BCUT2D eigenvalue weighted by Gasteiger charge is -2.28. The average molecular weight is 503 g/mol. The Bertz CT molecular complexity index is 829. The van der Waals surface area contributed by atoms with E-state index in [2.05, 4.69) is 21.3 Å². The number of rotatable bonds is 15. The predicted molar refractivity (Wildman–Crippen MR) is 120 cm³/mol. The Balaban J connectivity index is 5.78. The van der Waals surface area contributed by atoms with E-state index in [1.54, 1.807) is 27.7 Å². The molecule has 0 aliphatic heterocycles. The lowest BCUT2D eigenvalue weighted by molar-refractivity contribution is -0.147. The maximum absolute atomic E-state index is 12.9. The van der Waals surface area contributed by atoms with Gasteiger partial charge in [0.05, 0.1) is 12.8 Å². The average Bonchev–Trinajstić information content (AvgIpc) is 2.72. The second-order valence-corrected chi connectivity index (χ2v) is 8.45. The SMILES string of the molecule is CC[C@H](C)[C@H](NC(=O)[C@H](CC(=O)O)NC(=O)[C@@H](NC(C)=O)C(C)C)C(=O)N[C@@H](CC(=O)O)C(=O)O. The predicted octanol–water partition coefficient (Wildman–Crippen LogP) is -1.32. The first-order chi connectivity index (χ1) is 16.1. The fourth-order valence-electron chi connectivity index (χ4n) is 2.99. The fraction of sp³-hybridized carbons (Fsp3) is 0.667. The third kappa shape index (κ3) is 11.3. The molecule has 0 aromatic carbocycles. The van der Waals surface area contributed by atoms with Crippen LogP contribution in [0.4, 0.5) is 0 Å². The van der Waals surface area contributed by atoms with Crippen molar-refractivity contribution in [3.63, 3.8) is 0 Å². The van der Waals surface area contributed by atoms with Gasteiger partial charge in [0.1, 0.15) is 24.2 Å². The van der Waals surface area contributed by atoms with Gasteiger partial charge in [0.15, 0.2) is 0 Å². The molecule has 0 aromatic heterocycles. The van der Waals surface area contributed by atoms with Crippen molar-refractivity contribution >= 4 is 41.5 Å². The highest BCUT2D eigenvalue weighted by molar-refractivity contribution is 5.96. The lowest BCUT2D eigenvalue weighted by atomic mass is 9.97. The van der Waals surface area contributed by atoms with Gasteiger partial charge in [-0.15, -0.1) is 0 Å². The van der Waals surface area contributed by atoms with Crippen LogP contribution in [0.15, 0.2) is 0 Å². The van der Waals surface area contributed by atoms with E-state index in [1.807, 2.05) is 0 Å². The minimum atomic E-state index is -1.76. The quantitative estimate of drug-likeness (QED) is 0.140. The lowest BCUT2D eigenvalue weighted by Crippen LogP contribution is -2.60. The molecule has 198 valence electrons. The molecule has 0 heterocycles. The molecule has 0 aromatic rings. The van der Waals surface area contributed by atoms with Crippen LogP contribution in [0.3, 0.4) is 0 Å². The number of carbonyl (C=O) groups excluding carboxylic acids is 4. The summed E-state index contributed by atoms with van der Waals surface area (Å²) >= 11 is 0. The van der Waals surface area contributed by atoms with Crippen molar-refractivity contribution in [2.75, 3.05) is 0 Å². The highest BCUT2D eigenvalue weighted by Gasteiger charge is 2.35. The fourth-order valence-corrected chi connectivity index (χ4v) is 2.99. The third-order valence-electron chi connectivity index (χ3n) is 5.11. The van der Waals surface area contributed by atoms with Crippen LogP contribution in [0.2, 0.25) is 0 Å². The summed E-state index contributed by atoms with van der Waals surface area (Å²) in [5.41, 5.74) is 0. The van der Waals surface area contributed by atoms with E-state index >= 15 is 0 Å². The maximum atomic E-state index is 12.9. The van der Waals surface area contributed by atoms with Crippen molar-refractivity contribution in [2.45, 2.75) is 78.0 Å². The monoisotopic (exact) mass is 502 g/mol. The standard InChI is InChI=1S/C21H34N4O10/c1-6-10(4)17(20(33)24-13(21(34)35)8-15(29)30)25-18(31)12(7-14(27)28)23-19(32)16(9(2)3)22-11(5)26/h9-10,12-13,16-17H,6-8H2,1-5H3,(H,22,26)(H,23,32)(H,24,33)(H,25,31)(H,27,28)(H,29,30)(H,34,35)/t10-,12-,13-,16-,17-/m0/s1. The van der Waals surface area contributed by atoms with Gasteiger partial charge in [0.2, 0.25) is 23.6 Å². The molecular formula is C21H34N4O10. The first-order valence-electron chi connectivity index (χ1n) is 10.9. The van der Waals surface area contributed by atoms with Gasteiger partial charge in [-0.1, -0.05) is 34.1 Å². The highest BCUT2D eigenvalue weighted by atomic mass is 16.4. The van der Waals surface area contributed by atoms with E-state index in [0.29, 0.717) is 6.42 Å². The van der Waals surface area contributed by atoms with Crippen molar-refractivity contribution in [2.24, 2.45) is 11.8 Å². The molecule has 0 bridgehead atoms. The van der Waals surface area contributed by atoms with Crippen molar-refractivity contribution < 1.29 is 48.9 Å². The Morgan fingerprint density at radius 3 is 1.51 bits per heavy atom. The van der Waals surface area contributed by atoms with Crippen LogP contribution < -0.4 is 21.3 Å². The molecule has 0 aliphatic carbocycles. The highest BCUT2D eigenvalue weighted by Crippen LogP contribution is 2.11. The molecule has 0 aliphatic rings. The van der Waals surface area contributed by atoms with Crippen LogP contribution >= 0.6 is 0 Å². The number of hydrogen-bond acceptors (Lipinski definition) is 7. The molecule has 0 saturated heterocycles. The summed E-state index contributed by atoms with van der Waals surface area (Å²) in [5, 5.41) is 36.3. The normalized spacial score (nSPS) is 15.0. The molecular weight excluding hydrogens is 468 g/mol. The Morgan fingerprint density at radius 1 is 0.657 bits per heavy atom. The van der Waals surface area contributed by atoms with Gasteiger partial charge in [0.25, 0.3) is 0 Å². The van der Waals surface area contributed by atoms with Gasteiger partial charge in [-0.05, 0) is 11.8 Å². The largest absolute Gasteiger partial charge is 0.481 e. The summed E-state index contributed by atoms with van der Waals surface area (Å²) in [5.74, 6) is -8.79. The molecule has 0 spiro atoms. The Morgan fingerprint density at radius 2 is 1.11 bits per heavy atom. The van der Waals surface area contributed by atoms with E-state index in [9.17, 15) is 38.7 Å². The van der Waals surface area contributed by atoms with Crippen molar-refractivity contribution in [3.05, 3.63) is 0 Å². The number of carboxylic acids is 3.